The van der Waals surface area contributed by atoms with Crippen LogP contribution in [0.15, 0.2) is 54.1 Å². The number of anilines is 1. The van der Waals surface area contributed by atoms with Crippen LogP contribution in [0.2, 0.25) is 0 Å². The van der Waals surface area contributed by atoms with Crippen LogP contribution < -0.4 is 10.1 Å². The Morgan fingerprint density at radius 3 is 2.50 bits per heavy atom. The van der Waals surface area contributed by atoms with Crippen molar-refractivity contribution in [1.82, 2.24) is 0 Å². The fourth-order valence-electron chi connectivity index (χ4n) is 1.77. The van der Waals surface area contributed by atoms with Gasteiger partial charge >= 0.3 is 0 Å². The Hall–Kier alpha value is -2.33. The van der Waals surface area contributed by atoms with Crippen LogP contribution >= 0.6 is 22.6 Å². The van der Waals surface area contributed by atoms with Crippen LogP contribution in [0.25, 0.3) is 6.08 Å². The topological polar surface area (TPSA) is 62.1 Å². The molecule has 1 amide bonds. The van der Waals surface area contributed by atoms with Crippen molar-refractivity contribution in [2.45, 2.75) is 0 Å². The summed E-state index contributed by atoms with van der Waals surface area (Å²) in [6.07, 6.45) is 1.55. The smallest absolute Gasteiger partial charge is 0.266 e. The van der Waals surface area contributed by atoms with E-state index < -0.39 is 5.91 Å². The molecule has 0 aliphatic carbocycles. The van der Waals surface area contributed by atoms with Gasteiger partial charge in [0.2, 0.25) is 0 Å². The van der Waals surface area contributed by atoms with Gasteiger partial charge in [0.25, 0.3) is 5.91 Å². The Kier molecular flexibility index (Phi) is 5.55. The number of halogens is 1. The Bertz CT molecular complexity index is 746. The van der Waals surface area contributed by atoms with E-state index in [1.165, 1.54) is 0 Å². The van der Waals surface area contributed by atoms with Crippen LogP contribution in [0, 0.1) is 14.9 Å². The van der Waals surface area contributed by atoms with E-state index in [4.69, 9.17) is 4.74 Å². The summed E-state index contributed by atoms with van der Waals surface area (Å²) in [6.45, 7) is 0. The van der Waals surface area contributed by atoms with E-state index in [2.05, 4.69) is 27.9 Å². The summed E-state index contributed by atoms with van der Waals surface area (Å²) in [6, 6.07) is 16.5. The largest absolute Gasteiger partial charge is 0.497 e. The van der Waals surface area contributed by atoms with Crippen molar-refractivity contribution < 1.29 is 9.53 Å². The number of carbonyl (C=O) groups is 1. The molecule has 0 bridgehead atoms. The number of ether oxygens (including phenoxy) is 1. The summed E-state index contributed by atoms with van der Waals surface area (Å²) < 4.78 is 5.99. The molecule has 1 N–H and O–H groups in total. The third-order valence-corrected chi connectivity index (χ3v) is 3.85. The van der Waals surface area contributed by atoms with Gasteiger partial charge in [0.05, 0.1) is 12.8 Å². The van der Waals surface area contributed by atoms with Crippen LogP contribution in [0.4, 0.5) is 5.69 Å². The molecule has 0 radical (unpaired) electrons. The summed E-state index contributed by atoms with van der Waals surface area (Å²) in [7, 11) is 1.58. The summed E-state index contributed by atoms with van der Waals surface area (Å²) >= 11 is 2.13. The molecule has 22 heavy (non-hydrogen) atoms. The number of hydrogen-bond donors (Lipinski definition) is 1. The van der Waals surface area contributed by atoms with Crippen molar-refractivity contribution >= 4 is 40.3 Å². The zero-order chi connectivity index (χ0) is 15.9. The van der Waals surface area contributed by atoms with Gasteiger partial charge in [-0.25, -0.2) is 0 Å². The van der Waals surface area contributed by atoms with E-state index in [0.717, 1.165) is 14.9 Å². The van der Waals surface area contributed by atoms with Gasteiger partial charge in [0.1, 0.15) is 17.4 Å². The molecule has 2 aromatic rings. The maximum Gasteiger partial charge on any atom is 0.266 e. The van der Waals surface area contributed by atoms with Gasteiger partial charge in [-0.2, -0.15) is 5.26 Å². The minimum Gasteiger partial charge on any atom is -0.497 e. The first-order valence-electron chi connectivity index (χ1n) is 6.46. The number of nitriles is 1. The molecule has 2 rings (SSSR count). The highest BCUT2D eigenvalue weighted by Gasteiger charge is 2.10. The first kappa shape index (κ1) is 16.0. The molecular weight excluding hydrogens is 391 g/mol. The fourth-order valence-corrected chi connectivity index (χ4v) is 2.29. The number of hydrogen-bond acceptors (Lipinski definition) is 3. The van der Waals surface area contributed by atoms with Crippen molar-refractivity contribution in [3.63, 3.8) is 0 Å². The number of nitrogens with one attached hydrogen (secondary N) is 1. The second kappa shape index (κ2) is 7.61. The molecule has 110 valence electrons. The first-order chi connectivity index (χ1) is 10.6. The lowest BCUT2D eigenvalue weighted by atomic mass is 10.1. The van der Waals surface area contributed by atoms with Gasteiger partial charge < -0.3 is 10.1 Å². The highest BCUT2D eigenvalue weighted by Crippen LogP contribution is 2.19. The van der Waals surface area contributed by atoms with E-state index in [9.17, 15) is 10.1 Å². The number of para-hydroxylation sites is 1. The molecular formula is C17H13IN2O2. The SMILES string of the molecule is COc1ccc(/C=C(\C#N)C(=O)Nc2ccccc2I)cc1. The average Bonchev–Trinajstić information content (AvgIpc) is 2.55. The van der Waals surface area contributed by atoms with Crippen LogP contribution in [0.1, 0.15) is 5.56 Å². The van der Waals surface area contributed by atoms with Crippen molar-refractivity contribution in [2.75, 3.05) is 12.4 Å². The summed E-state index contributed by atoms with van der Waals surface area (Å²) in [4.78, 5) is 12.2. The van der Waals surface area contributed by atoms with Crippen molar-refractivity contribution in [1.29, 1.82) is 5.26 Å². The molecule has 0 spiro atoms. The fraction of sp³-hybridized carbons (Fsp3) is 0.0588. The van der Waals surface area contributed by atoms with E-state index in [-0.39, 0.29) is 5.57 Å². The molecule has 0 fully saturated rings. The van der Waals surface area contributed by atoms with E-state index in [1.807, 2.05) is 24.3 Å². The van der Waals surface area contributed by atoms with Gasteiger partial charge in [-0.15, -0.1) is 0 Å². The molecule has 0 atom stereocenters. The quantitative estimate of drug-likeness (QED) is 0.479. The van der Waals surface area contributed by atoms with Gasteiger partial charge in [-0.1, -0.05) is 24.3 Å². The van der Waals surface area contributed by atoms with Crippen LogP contribution in [0.5, 0.6) is 5.75 Å². The highest BCUT2D eigenvalue weighted by atomic mass is 127. The predicted octanol–water partition coefficient (Wildman–Crippen LogP) is 3.85. The highest BCUT2D eigenvalue weighted by molar-refractivity contribution is 14.1. The molecule has 4 nitrogen and oxygen atoms in total. The van der Waals surface area contributed by atoms with Crippen LogP contribution in [-0.4, -0.2) is 13.0 Å². The zero-order valence-corrected chi connectivity index (χ0v) is 14.0. The number of rotatable bonds is 4. The normalized spacial score (nSPS) is 10.7. The van der Waals surface area contributed by atoms with Gasteiger partial charge in [-0.05, 0) is 58.5 Å². The number of nitrogens with zero attached hydrogens (tertiary/aromatic N) is 1. The van der Waals surface area contributed by atoms with Crippen molar-refractivity contribution in [3.8, 4) is 11.8 Å². The minimum absolute atomic E-state index is 0.0461. The molecule has 2 aromatic carbocycles. The lowest BCUT2D eigenvalue weighted by molar-refractivity contribution is -0.112. The molecule has 0 saturated carbocycles. The Morgan fingerprint density at radius 2 is 1.91 bits per heavy atom. The van der Waals surface area contributed by atoms with E-state index >= 15 is 0 Å². The van der Waals surface area contributed by atoms with Crippen LogP contribution in [-0.2, 0) is 4.79 Å². The van der Waals surface area contributed by atoms with Gasteiger partial charge in [0, 0.05) is 3.57 Å². The Balaban J connectivity index is 2.20. The molecule has 0 aromatic heterocycles. The third kappa shape index (κ3) is 4.09. The maximum absolute atomic E-state index is 12.2. The third-order valence-electron chi connectivity index (χ3n) is 2.91. The molecule has 0 saturated heterocycles. The first-order valence-corrected chi connectivity index (χ1v) is 7.53. The van der Waals surface area contributed by atoms with Gasteiger partial charge in [0.15, 0.2) is 0 Å². The second-order valence-corrected chi connectivity index (χ2v) is 5.54. The molecule has 5 heteroatoms. The van der Waals surface area contributed by atoms with Crippen LogP contribution in [0.3, 0.4) is 0 Å². The van der Waals surface area contributed by atoms with Crippen molar-refractivity contribution in [2.24, 2.45) is 0 Å². The number of carbonyl (C=O) groups excluding carboxylic acids is 1. The number of amides is 1. The predicted molar refractivity (Wildman–Crippen MR) is 94.4 cm³/mol. The lowest BCUT2D eigenvalue weighted by Gasteiger charge is -2.06. The van der Waals surface area contributed by atoms with E-state index in [0.29, 0.717) is 5.69 Å². The Labute approximate surface area is 142 Å². The number of methoxy groups -OCH3 is 1. The zero-order valence-electron chi connectivity index (χ0n) is 11.8. The van der Waals surface area contributed by atoms with Gasteiger partial charge in [-0.3, -0.25) is 4.79 Å². The standard InChI is InChI=1S/C17H13IN2O2/c1-22-14-8-6-12(7-9-14)10-13(11-19)17(21)20-16-5-3-2-4-15(16)18/h2-10H,1H3,(H,20,21)/b13-10+. The average molecular weight is 404 g/mol. The summed E-state index contributed by atoms with van der Waals surface area (Å²) in [5, 5.41) is 11.9. The summed E-state index contributed by atoms with van der Waals surface area (Å²) in [5.74, 6) is 0.293. The molecule has 0 aliphatic rings. The Morgan fingerprint density at radius 1 is 1.23 bits per heavy atom. The molecule has 0 unspecified atom stereocenters. The lowest BCUT2D eigenvalue weighted by Crippen LogP contribution is -2.14. The number of benzene rings is 2. The molecule has 0 heterocycles. The monoisotopic (exact) mass is 404 g/mol. The van der Waals surface area contributed by atoms with E-state index in [1.54, 1.807) is 43.5 Å². The second-order valence-electron chi connectivity index (χ2n) is 4.38. The minimum atomic E-state index is -0.428. The van der Waals surface area contributed by atoms with Crippen molar-refractivity contribution in [3.05, 3.63) is 63.2 Å². The molecule has 0 aliphatic heterocycles. The summed E-state index contributed by atoms with van der Waals surface area (Å²) in [5.41, 5.74) is 1.49. The maximum atomic E-state index is 12.2.